The molecule has 0 aliphatic carbocycles. The van der Waals surface area contributed by atoms with Gasteiger partial charge in [0.15, 0.2) is 0 Å². The van der Waals surface area contributed by atoms with Crippen LogP contribution in [0.5, 0.6) is 0 Å². The molecule has 0 spiro atoms. The highest BCUT2D eigenvalue weighted by Crippen LogP contribution is 2.01. The molecule has 0 radical (unpaired) electrons. The van der Waals surface area contributed by atoms with Gasteiger partial charge in [0, 0.05) is 0 Å². The van der Waals surface area contributed by atoms with Crippen molar-refractivity contribution >= 4 is 0 Å². The number of hydrogen-bond donors (Lipinski definition) is 1. The van der Waals surface area contributed by atoms with E-state index in [2.05, 4.69) is 0 Å². The molecule has 0 heterocycles. The van der Waals surface area contributed by atoms with Gasteiger partial charge in [0.2, 0.25) is 0 Å². The van der Waals surface area contributed by atoms with Crippen molar-refractivity contribution in [3.05, 3.63) is 23.6 Å². The van der Waals surface area contributed by atoms with Gasteiger partial charge in [0.25, 0.3) is 0 Å². The van der Waals surface area contributed by atoms with Crippen LogP contribution in [0.4, 0.5) is 4.39 Å². The molecule has 0 aromatic carbocycles. The summed E-state index contributed by atoms with van der Waals surface area (Å²) < 4.78 is 12.3. The number of hydrogen-bond acceptors (Lipinski definition) is 1. The molecule has 0 saturated carbocycles. The molecule has 2 heteroatoms. The van der Waals surface area contributed by atoms with Crippen LogP contribution in [0.2, 0.25) is 0 Å². The van der Waals surface area contributed by atoms with Gasteiger partial charge in [0.05, 0.1) is 6.61 Å². The van der Waals surface area contributed by atoms with Gasteiger partial charge in [-0.3, -0.25) is 0 Å². The van der Waals surface area contributed by atoms with Crippen molar-refractivity contribution < 1.29 is 9.50 Å². The standard InChI is InChI=1S/C7H11FO/c1-6(2)5-7(8)3-4-9/h3,5,9H,4H2,1-2H3/b7-3+. The zero-order chi connectivity index (χ0) is 7.28. The summed E-state index contributed by atoms with van der Waals surface area (Å²) in [5.41, 5.74) is 0.886. The first-order valence-corrected chi connectivity index (χ1v) is 2.78. The molecule has 1 N–H and O–H groups in total. The Kier molecular flexibility index (Phi) is 3.97. The summed E-state index contributed by atoms with van der Waals surface area (Å²) in [5, 5.41) is 8.20. The molecule has 0 unspecified atom stereocenters. The van der Waals surface area contributed by atoms with Crippen molar-refractivity contribution in [2.75, 3.05) is 6.61 Å². The predicted octanol–water partition coefficient (Wildman–Crippen LogP) is 1.80. The summed E-state index contributed by atoms with van der Waals surface area (Å²) in [7, 11) is 0. The molecule has 1 nitrogen and oxygen atoms in total. The number of allylic oxidation sites excluding steroid dienone is 3. The van der Waals surface area contributed by atoms with E-state index >= 15 is 0 Å². The van der Waals surface area contributed by atoms with Gasteiger partial charge >= 0.3 is 0 Å². The molecule has 0 amide bonds. The highest BCUT2D eigenvalue weighted by molar-refractivity contribution is 5.14. The summed E-state index contributed by atoms with van der Waals surface area (Å²) >= 11 is 0. The molecular formula is C7H11FO. The second-order valence-electron chi connectivity index (χ2n) is 1.99. The lowest BCUT2D eigenvalue weighted by Gasteiger charge is -1.86. The third-order valence-corrected chi connectivity index (χ3v) is 0.713. The van der Waals surface area contributed by atoms with Crippen LogP contribution < -0.4 is 0 Å². The van der Waals surface area contributed by atoms with Crippen molar-refractivity contribution in [1.82, 2.24) is 0 Å². The van der Waals surface area contributed by atoms with Crippen LogP contribution >= 0.6 is 0 Å². The molecule has 0 aliphatic rings. The molecule has 0 fully saturated rings. The second-order valence-corrected chi connectivity index (χ2v) is 1.99. The summed E-state index contributed by atoms with van der Waals surface area (Å²) in [6.07, 6.45) is 2.49. The van der Waals surface area contributed by atoms with E-state index in [1.807, 2.05) is 0 Å². The number of aliphatic hydroxyl groups excluding tert-OH is 1. The van der Waals surface area contributed by atoms with Crippen molar-refractivity contribution in [3.63, 3.8) is 0 Å². The highest BCUT2D eigenvalue weighted by Gasteiger charge is 1.84. The lowest BCUT2D eigenvalue weighted by atomic mass is 10.3. The first kappa shape index (κ1) is 8.37. The van der Waals surface area contributed by atoms with E-state index in [0.29, 0.717) is 0 Å². The van der Waals surface area contributed by atoms with Crippen LogP contribution in [0.25, 0.3) is 0 Å². The Bertz CT molecular complexity index is 132. The molecule has 0 aromatic rings. The maximum Gasteiger partial charge on any atom is 0.121 e. The molecule has 9 heavy (non-hydrogen) atoms. The van der Waals surface area contributed by atoms with Crippen molar-refractivity contribution in [3.8, 4) is 0 Å². The van der Waals surface area contributed by atoms with E-state index in [4.69, 9.17) is 5.11 Å². The Labute approximate surface area is 54.5 Å². The largest absolute Gasteiger partial charge is 0.392 e. The molecular weight excluding hydrogens is 119 g/mol. The first-order valence-electron chi connectivity index (χ1n) is 2.78. The van der Waals surface area contributed by atoms with E-state index in [0.717, 1.165) is 11.6 Å². The third kappa shape index (κ3) is 5.24. The van der Waals surface area contributed by atoms with Crippen LogP contribution in [0.15, 0.2) is 23.6 Å². The molecule has 52 valence electrons. The lowest BCUT2D eigenvalue weighted by Crippen LogP contribution is -1.75. The summed E-state index contributed by atoms with van der Waals surface area (Å²) in [5.74, 6) is -0.377. The third-order valence-electron chi connectivity index (χ3n) is 0.713. The minimum absolute atomic E-state index is 0.240. The number of aliphatic hydroxyl groups is 1. The van der Waals surface area contributed by atoms with Gasteiger partial charge in [-0.25, -0.2) is 4.39 Å². The Hall–Kier alpha value is -0.630. The van der Waals surface area contributed by atoms with Gasteiger partial charge < -0.3 is 5.11 Å². The van der Waals surface area contributed by atoms with E-state index in [9.17, 15) is 4.39 Å². The monoisotopic (exact) mass is 130 g/mol. The maximum absolute atomic E-state index is 12.3. The summed E-state index contributed by atoms with van der Waals surface area (Å²) in [6, 6.07) is 0. The van der Waals surface area contributed by atoms with Gasteiger partial charge in [0.1, 0.15) is 5.83 Å². The van der Waals surface area contributed by atoms with Crippen molar-refractivity contribution in [1.29, 1.82) is 0 Å². The molecule has 0 aromatic heterocycles. The minimum atomic E-state index is -0.377. The lowest BCUT2D eigenvalue weighted by molar-refractivity contribution is 0.339. The quantitative estimate of drug-likeness (QED) is 0.565. The number of rotatable bonds is 2. The topological polar surface area (TPSA) is 20.2 Å². The molecule has 0 rings (SSSR count). The Morgan fingerprint density at radius 2 is 2.11 bits per heavy atom. The highest BCUT2D eigenvalue weighted by atomic mass is 19.1. The van der Waals surface area contributed by atoms with Crippen LogP contribution in [0.1, 0.15) is 13.8 Å². The van der Waals surface area contributed by atoms with Gasteiger partial charge in [-0.15, -0.1) is 0 Å². The Balaban J connectivity index is 3.90. The minimum Gasteiger partial charge on any atom is -0.392 e. The molecule has 0 atom stereocenters. The Morgan fingerprint density at radius 3 is 2.44 bits per heavy atom. The average Bonchev–Trinajstić information content (AvgIpc) is 1.63. The van der Waals surface area contributed by atoms with Crippen LogP contribution in [-0.2, 0) is 0 Å². The number of halogens is 1. The van der Waals surface area contributed by atoms with E-state index in [-0.39, 0.29) is 12.4 Å². The molecule has 0 aliphatic heterocycles. The predicted molar refractivity (Wildman–Crippen MR) is 35.7 cm³/mol. The fourth-order valence-electron chi connectivity index (χ4n) is 0.422. The van der Waals surface area contributed by atoms with Crippen LogP contribution in [-0.4, -0.2) is 11.7 Å². The van der Waals surface area contributed by atoms with E-state index < -0.39 is 0 Å². The second kappa shape index (κ2) is 4.27. The first-order chi connectivity index (χ1) is 4.16. The SMILES string of the molecule is CC(C)=C/C(F)=C\CO. The normalized spacial score (nSPS) is 11.3. The summed E-state index contributed by atoms with van der Waals surface area (Å²) in [4.78, 5) is 0. The van der Waals surface area contributed by atoms with Gasteiger partial charge in [-0.2, -0.15) is 0 Å². The average molecular weight is 130 g/mol. The van der Waals surface area contributed by atoms with Gasteiger partial charge in [-0.1, -0.05) is 5.57 Å². The fourth-order valence-corrected chi connectivity index (χ4v) is 0.422. The maximum atomic E-state index is 12.3. The van der Waals surface area contributed by atoms with Crippen molar-refractivity contribution in [2.24, 2.45) is 0 Å². The molecule has 0 saturated heterocycles. The van der Waals surface area contributed by atoms with Crippen LogP contribution in [0.3, 0.4) is 0 Å². The van der Waals surface area contributed by atoms with E-state index in [1.54, 1.807) is 13.8 Å². The van der Waals surface area contributed by atoms with E-state index in [1.165, 1.54) is 6.08 Å². The van der Waals surface area contributed by atoms with Crippen molar-refractivity contribution in [2.45, 2.75) is 13.8 Å². The summed E-state index contributed by atoms with van der Waals surface area (Å²) in [6.45, 7) is 3.35. The fraction of sp³-hybridized carbons (Fsp3) is 0.429. The zero-order valence-electron chi connectivity index (χ0n) is 5.69. The molecule has 0 bridgehead atoms. The smallest absolute Gasteiger partial charge is 0.121 e. The Morgan fingerprint density at radius 1 is 1.56 bits per heavy atom. The van der Waals surface area contributed by atoms with Crippen LogP contribution in [0, 0.1) is 0 Å². The zero-order valence-corrected chi connectivity index (χ0v) is 5.69. The van der Waals surface area contributed by atoms with Gasteiger partial charge in [-0.05, 0) is 26.0 Å².